The number of halogens is 1. The van der Waals surface area contributed by atoms with Crippen LogP contribution in [0.15, 0.2) is 48.5 Å². The van der Waals surface area contributed by atoms with Crippen molar-refractivity contribution in [3.63, 3.8) is 0 Å². The van der Waals surface area contributed by atoms with Gasteiger partial charge in [0.2, 0.25) is 0 Å². The Kier molecular flexibility index (Phi) is 4.49. The minimum atomic E-state index is -0.614. The zero-order chi connectivity index (χ0) is 18.0. The Hall–Kier alpha value is -2.82. The third kappa shape index (κ3) is 3.99. The Bertz CT molecular complexity index is 894. The maximum atomic E-state index is 14.7. The molecule has 1 N–H and O–H groups in total. The van der Waals surface area contributed by atoms with E-state index in [-0.39, 0.29) is 18.1 Å². The maximum Gasteiger partial charge on any atom is 0.355 e. The van der Waals surface area contributed by atoms with E-state index in [0.29, 0.717) is 10.9 Å². The van der Waals surface area contributed by atoms with Gasteiger partial charge < -0.3 is 14.5 Å². The molecule has 0 spiro atoms. The normalized spacial score (nSPS) is 11.5. The molecular formula is C20H20FNO3. The summed E-state index contributed by atoms with van der Waals surface area (Å²) in [4.78, 5) is 15.0. The molecule has 0 aliphatic heterocycles. The molecule has 0 saturated heterocycles. The molecule has 4 nitrogen and oxygen atoms in total. The second kappa shape index (κ2) is 6.59. The molecule has 1 heterocycles. The SMILES string of the molecule is CC(C)(C)OC(=O)c1cc2c(F)c(OCc3ccccc3)ccc2[nH]1. The second-order valence-corrected chi connectivity index (χ2v) is 6.80. The van der Waals surface area contributed by atoms with Gasteiger partial charge in [0.1, 0.15) is 17.9 Å². The summed E-state index contributed by atoms with van der Waals surface area (Å²) in [6, 6.07) is 14.2. The summed E-state index contributed by atoms with van der Waals surface area (Å²) in [5.41, 5.74) is 1.07. The lowest BCUT2D eigenvalue weighted by molar-refractivity contribution is 0.00639. The number of esters is 1. The van der Waals surface area contributed by atoms with Crippen molar-refractivity contribution in [1.82, 2.24) is 4.98 Å². The topological polar surface area (TPSA) is 51.3 Å². The fraction of sp³-hybridized carbons (Fsp3) is 0.250. The number of carbonyl (C=O) groups is 1. The molecule has 0 aliphatic carbocycles. The summed E-state index contributed by atoms with van der Waals surface area (Å²) in [6.07, 6.45) is 0. The summed E-state index contributed by atoms with van der Waals surface area (Å²) in [5, 5.41) is 0.298. The third-order valence-electron chi connectivity index (χ3n) is 3.56. The van der Waals surface area contributed by atoms with Crippen LogP contribution in [-0.2, 0) is 11.3 Å². The van der Waals surface area contributed by atoms with E-state index in [9.17, 15) is 9.18 Å². The molecule has 0 amide bonds. The lowest BCUT2D eigenvalue weighted by atomic mass is 10.2. The molecule has 0 aliphatic rings. The zero-order valence-electron chi connectivity index (χ0n) is 14.4. The number of nitrogens with one attached hydrogen (secondary N) is 1. The van der Waals surface area contributed by atoms with Crippen molar-refractivity contribution in [2.24, 2.45) is 0 Å². The number of rotatable bonds is 4. The van der Waals surface area contributed by atoms with Gasteiger partial charge in [0, 0.05) is 10.9 Å². The van der Waals surface area contributed by atoms with Gasteiger partial charge in [-0.2, -0.15) is 0 Å². The van der Waals surface area contributed by atoms with Crippen molar-refractivity contribution in [2.75, 3.05) is 0 Å². The average Bonchev–Trinajstić information content (AvgIpc) is 2.99. The third-order valence-corrected chi connectivity index (χ3v) is 3.56. The lowest BCUT2D eigenvalue weighted by Crippen LogP contribution is -2.24. The van der Waals surface area contributed by atoms with Crippen molar-refractivity contribution < 1.29 is 18.7 Å². The van der Waals surface area contributed by atoms with Gasteiger partial charge in [-0.15, -0.1) is 0 Å². The molecule has 5 heteroatoms. The molecule has 3 aromatic rings. The number of fused-ring (bicyclic) bond motifs is 1. The van der Waals surface area contributed by atoms with Gasteiger partial charge >= 0.3 is 5.97 Å². The van der Waals surface area contributed by atoms with E-state index in [1.165, 1.54) is 6.07 Å². The number of H-pyrrole nitrogens is 1. The second-order valence-electron chi connectivity index (χ2n) is 6.80. The largest absolute Gasteiger partial charge is 0.486 e. The van der Waals surface area contributed by atoms with Gasteiger partial charge in [-0.3, -0.25) is 0 Å². The van der Waals surface area contributed by atoms with Crippen molar-refractivity contribution in [3.05, 3.63) is 65.6 Å². The summed E-state index contributed by atoms with van der Waals surface area (Å²) < 4.78 is 25.6. The van der Waals surface area contributed by atoms with Crippen LogP contribution in [0.2, 0.25) is 0 Å². The van der Waals surface area contributed by atoms with E-state index in [2.05, 4.69) is 4.98 Å². The first-order valence-electron chi connectivity index (χ1n) is 8.05. The van der Waals surface area contributed by atoms with Gasteiger partial charge in [0.15, 0.2) is 11.6 Å². The standard InChI is InChI=1S/C20H20FNO3/c1-20(2,3)25-19(23)16-11-14-15(22-16)9-10-17(18(14)21)24-12-13-7-5-4-6-8-13/h4-11,22H,12H2,1-3H3. The highest BCUT2D eigenvalue weighted by atomic mass is 19.1. The van der Waals surface area contributed by atoms with Gasteiger partial charge in [-0.05, 0) is 44.5 Å². The van der Waals surface area contributed by atoms with E-state index in [1.807, 2.05) is 30.3 Å². The Labute approximate surface area is 145 Å². The van der Waals surface area contributed by atoms with Gasteiger partial charge in [-0.1, -0.05) is 30.3 Å². The Balaban J connectivity index is 1.83. The summed E-state index contributed by atoms with van der Waals surface area (Å²) in [6.45, 7) is 5.61. The monoisotopic (exact) mass is 341 g/mol. The van der Waals surface area contributed by atoms with Crippen LogP contribution < -0.4 is 4.74 Å². The predicted octanol–water partition coefficient (Wildman–Crippen LogP) is 4.84. The van der Waals surface area contributed by atoms with Crippen LogP contribution in [0, 0.1) is 5.82 Å². The number of aromatic amines is 1. The smallest absolute Gasteiger partial charge is 0.355 e. The predicted molar refractivity (Wildman–Crippen MR) is 94.2 cm³/mol. The molecule has 130 valence electrons. The zero-order valence-corrected chi connectivity index (χ0v) is 14.4. The fourth-order valence-corrected chi connectivity index (χ4v) is 2.44. The fourth-order valence-electron chi connectivity index (χ4n) is 2.44. The lowest BCUT2D eigenvalue weighted by Gasteiger charge is -2.18. The van der Waals surface area contributed by atoms with Crippen molar-refractivity contribution in [1.29, 1.82) is 0 Å². The van der Waals surface area contributed by atoms with Gasteiger partial charge in [0.25, 0.3) is 0 Å². The highest BCUT2D eigenvalue weighted by molar-refractivity contribution is 5.95. The van der Waals surface area contributed by atoms with Crippen LogP contribution in [0.5, 0.6) is 5.75 Å². The van der Waals surface area contributed by atoms with E-state index in [0.717, 1.165) is 5.56 Å². The van der Waals surface area contributed by atoms with Crippen LogP contribution in [0.1, 0.15) is 36.8 Å². The molecule has 2 aromatic carbocycles. The quantitative estimate of drug-likeness (QED) is 0.691. The first-order valence-corrected chi connectivity index (χ1v) is 8.05. The summed E-state index contributed by atoms with van der Waals surface area (Å²) in [7, 11) is 0. The van der Waals surface area contributed by atoms with Gasteiger partial charge in [0.05, 0.1) is 0 Å². The number of hydrogen-bond donors (Lipinski definition) is 1. The molecule has 1 aromatic heterocycles. The van der Waals surface area contributed by atoms with E-state index in [1.54, 1.807) is 32.9 Å². The van der Waals surface area contributed by atoms with Crippen molar-refractivity contribution >= 4 is 16.9 Å². The molecule has 0 atom stereocenters. The van der Waals surface area contributed by atoms with Gasteiger partial charge in [-0.25, -0.2) is 9.18 Å². The summed E-state index contributed by atoms with van der Waals surface area (Å²) >= 11 is 0. The minimum absolute atomic E-state index is 0.145. The van der Waals surface area contributed by atoms with Crippen LogP contribution in [0.25, 0.3) is 10.9 Å². The molecule has 25 heavy (non-hydrogen) atoms. The molecule has 0 unspecified atom stereocenters. The number of carbonyl (C=O) groups excluding carboxylic acids is 1. The molecule has 3 rings (SSSR count). The van der Waals surface area contributed by atoms with Crippen LogP contribution >= 0.6 is 0 Å². The van der Waals surface area contributed by atoms with E-state index < -0.39 is 17.4 Å². The van der Waals surface area contributed by atoms with E-state index in [4.69, 9.17) is 9.47 Å². The summed E-state index contributed by atoms with van der Waals surface area (Å²) in [5.74, 6) is -0.875. The average molecular weight is 341 g/mol. The number of aromatic nitrogens is 1. The number of ether oxygens (including phenoxy) is 2. The molecule has 0 saturated carbocycles. The molecule has 0 bridgehead atoms. The minimum Gasteiger partial charge on any atom is -0.486 e. The van der Waals surface area contributed by atoms with Crippen LogP contribution in [-0.4, -0.2) is 16.6 Å². The number of hydrogen-bond acceptors (Lipinski definition) is 3. The first-order chi connectivity index (χ1) is 11.8. The highest BCUT2D eigenvalue weighted by Gasteiger charge is 2.21. The Morgan fingerprint density at radius 3 is 2.52 bits per heavy atom. The first kappa shape index (κ1) is 17.0. The molecule has 0 fully saturated rings. The molecule has 0 radical (unpaired) electrons. The Morgan fingerprint density at radius 1 is 1.12 bits per heavy atom. The Morgan fingerprint density at radius 2 is 1.84 bits per heavy atom. The molecular weight excluding hydrogens is 321 g/mol. The number of benzene rings is 2. The van der Waals surface area contributed by atoms with Crippen molar-refractivity contribution in [3.8, 4) is 5.75 Å². The maximum absolute atomic E-state index is 14.7. The van der Waals surface area contributed by atoms with Crippen LogP contribution in [0.3, 0.4) is 0 Å². The van der Waals surface area contributed by atoms with Crippen molar-refractivity contribution in [2.45, 2.75) is 33.0 Å². The highest BCUT2D eigenvalue weighted by Crippen LogP contribution is 2.28. The van der Waals surface area contributed by atoms with Crippen LogP contribution in [0.4, 0.5) is 4.39 Å². The van der Waals surface area contributed by atoms with E-state index >= 15 is 0 Å².